The topological polar surface area (TPSA) is 126 Å². The number of rotatable bonds is 6. The lowest BCUT2D eigenvalue weighted by atomic mass is 9.91. The van der Waals surface area contributed by atoms with Gasteiger partial charge in [-0.15, -0.1) is 0 Å². The Hall–Kier alpha value is -3.77. The Labute approximate surface area is 265 Å². The average molecular weight is 616 g/mol. The van der Waals surface area contributed by atoms with Crippen molar-refractivity contribution in [3.63, 3.8) is 0 Å². The van der Waals surface area contributed by atoms with Crippen molar-refractivity contribution >= 4 is 37.0 Å². The Morgan fingerprint density at radius 3 is 2.36 bits per heavy atom. The molecule has 2 atom stereocenters. The molecule has 12 heteroatoms. The van der Waals surface area contributed by atoms with Gasteiger partial charge in [-0.25, -0.2) is 9.59 Å². The van der Waals surface area contributed by atoms with Gasteiger partial charge in [-0.1, -0.05) is 35.8 Å². The molecule has 2 aromatic carbocycles. The number of piperidine rings is 2. The molecule has 3 fully saturated rings. The van der Waals surface area contributed by atoms with Gasteiger partial charge in [0, 0.05) is 70.0 Å². The number of anilines is 1. The van der Waals surface area contributed by atoms with Crippen molar-refractivity contribution in [1.82, 2.24) is 19.6 Å². The SMILES string of the molecule is [B]c1cc(C[C@@H](OC(=O)N2CCC(N3CCc4ccccc4NC3=O)CC2)C(=O)N2CCC(N3CC[C@@H](O)C3)CC2)ccc1O. The number of nitrogens with zero attached hydrogens (tertiary/aromatic N) is 4. The molecule has 0 bridgehead atoms. The van der Waals surface area contributed by atoms with Gasteiger partial charge in [-0.2, -0.15) is 0 Å². The first-order chi connectivity index (χ1) is 21.7. The van der Waals surface area contributed by atoms with Crippen molar-refractivity contribution in [2.24, 2.45) is 0 Å². The highest BCUT2D eigenvalue weighted by Gasteiger charge is 2.37. The molecule has 0 unspecified atom stereocenters. The van der Waals surface area contributed by atoms with Gasteiger partial charge in [0.2, 0.25) is 0 Å². The number of ether oxygens (including phenoxy) is 1. The van der Waals surface area contributed by atoms with Crippen LogP contribution in [0.5, 0.6) is 5.75 Å². The number of phenols is 1. The lowest BCUT2D eigenvalue weighted by molar-refractivity contribution is -0.142. The van der Waals surface area contributed by atoms with Crippen LogP contribution in [0.4, 0.5) is 15.3 Å². The lowest BCUT2D eigenvalue weighted by Gasteiger charge is -2.39. The van der Waals surface area contributed by atoms with Crippen molar-refractivity contribution in [2.75, 3.05) is 51.1 Å². The van der Waals surface area contributed by atoms with Gasteiger partial charge in [-0.05, 0) is 61.8 Å². The van der Waals surface area contributed by atoms with Gasteiger partial charge >= 0.3 is 12.1 Å². The molecule has 4 amide bonds. The predicted molar refractivity (Wildman–Crippen MR) is 170 cm³/mol. The third-order valence-corrected chi connectivity index (χ3v) is 9.82. The van der Waals surface area contributed by atoms with Crippen LogP contribution in [0.15, 0.2) is 42.5 Å². The second-order valence-corrected chi connectivity index (χ2v) is 12.7. The summed E-state index contributed by atoms with van der Waals surface area (Å²) in [7, 11) is 5.92. The fourth-order valence-electron chi connectivity index (χ4n) is 7.17. The van der Waals surface area contributed by atoms with Gasteiger partial charge < -0.3 is 35.0 Å². The molecule has 3 saturated heterocycles. The largest absolute Gasteiger partial charge is 0.509 e. The first-order valence-corrected chi connectivity index (χ1v) is 16.1. The molecule has 3 N–H and O–H groups in total. The highest BCUT2D eigenvalue weighted by molar-refractivity contribution is 6.34. The minimum Gasteiger partial charge on any atom is -0.509 e. The minimum absolute atomic E-state index is 0.00113. The number of urea groups is 1. The molecule has 4 aliphatic heterocycles. The van der Waals surface area contributed by atoms with Crippen LogP contribution in [-0.4, -0.2) is 126 Å². The Morgan fingerprint density at radius 2 is 1.64 bits per heavy atom. The normalized spacial score (nSPS) is 22.5. The maximum Gasteiger partial charge on any atom is 0.410 e. The molecular formula is C33H42BN5O6. The van der Waals surface area contributed by atoms with E-state index in [1.54, 1.807) is 21.9 Å². The number of hydrogen-bond acceptors (Lipinski definition) is 7. The van der Waals surface area contributed by atoms with Gasteiger partial charge in [0.1, 0.15) is 13.6 Å². The first-order valence-electron chi connectivity index (χ1n) is 16.1. The maximum atomic E-state index is 13.8. The van der Waals surface area contributed by atoms with E-state index in [4.69, 9.17) is 12.6 Å². The Kier molecular flexibility index (Phi) is 9.51. The van der Waals surface area contributed by atoms with Crippen molar-refractivity contribution < 1.29 is 29.3 Å². The van der Waals surface area contributed by atoms with Crippen LogP contribution >= 0.6 is 0 Å². The van der Waals surface area contributed by atoms with Crippen LogP contribution in [0, 0.1) is 0 Å². The van der Waals surface area contributed by atoms with Crippen molar-refractivity contribution in [3.05, 3.63) is 53.6 Å². The molecule has 45 heavy (non-hydrogen) atoms. The molecule has 2 radical (unpaired) electrons. The van der Waals surface area contributed by atoms with Crippen LogP contribution in [0.1, 0.15) is 43.2 Å². The van der Waals surface area contributed by atoms with E-state index >= 15 is 0 Å². The van der Waals surface area contributed by atoms with Gasteiger partial charge in [-0.3, -0.25) is 9.69 Å². The summed E-state index contributed by atoms with van der Waals surface area (Å²) >= 11 is 0. The molecule has 2 aromatic rings. The summed E-state index contributed by atoms with van der Waals surface area (Å²) < 4.78 is 5.94. The Balaban J connectivity index is 1.07. The number of carbonyl (C=O) groups excluding carboxylic acids is 3. The van der Waals surface area contributed by atoms with E-state index in [9.17, 15) is 24.6 Å². The number of fused-ring (bicyclic) bond motifs is 1. The summed E-state index contributed by atoms with van der Waals surface area (Å²) in [6.45, 7) is 4.09. The van der Waals surface area contributed by atoms with Crippen molar-refractivity contribution in [3.8, 4) is 5.75 Å². The molecule has 0 aromatic heterocycles. The second-order valence-electron chi connectivity index (χ2n) is 12.7. The molecule has 4 heterocycles. The van der Waals surface area contributed by atoms with Crippen LogP contribution in [0.3, 0.4) is 0 Å². The van der Waals surface area contributed by atoms with E-state index in [2.05, 4.69) is 10.2 Å². The standard InChI is InChI=1S/C33H42BN5O6/c34-27-19-22(5-6-29(27)41)20-30(31(42)36-13-8-24(9-14-36)38-17-12-26(40)21-38)45-33(44)37-15-10-25(11-16-37)39-18-7-23-3-1-2-4-28(23)35-32(39)43/h1-6,19,24-26,30,40-41H,7-18,20-21H2,(H,35,43)/t26-,30-/m1/s1. The highest BCUT2D eigenvalue weighted by atomic mass is 16.6. The number of likely N-dealkylation sites (tertiary alicyclic amines) is 3. The number of para-hydroxylation sites is 1. The average Bonchev–Trinajstić information content (AvgIpc) is 3.41. The van der Waals surface area contributed by atoms with E-state index < -0.39 is 12.2 Å². The van der Waals surface area contributed by atoms with E-state index in [0.29, 0.717) is 63.7 Å². The Bertz CT molecular complexity index is 1390. The zero-order valence-electron chi connectivity index (χ0n) is 25.6. The third kappa shape index (κ3) is 7.22. The lowest BCUT2D eigenvalue weighted by Crippen LogP contribution is -2.52. The van der Waals surface area contributed by atoms with E-state index in [0.717, 1.165) is 43.5 Å². The molecule has 238 valence electrons. The fraction of sp³-hybridized carbons (Fsp3) is 0.545. The van der Waals surface area contributed by atoms with Gasteiger partial charge in [0.05, 0.1) is 6.10 Å². The highest BCUT2D eigenvalue weighted by Crippen LogP contribution is 2.26. The number of phenolic OH excluding ortho intramolecular Hbond substituents is 1. The summed E-state index contributed by atoms with van der Waals surface area (Å²) in [5, 5.41) is 22.9. The number of aliphatic hydroxyl groups excluding tert-OH is 1. The number of hydrogen-bond donors (Lipinski definition) is 3. The maximum absolute atomic E-state index is 13.8. The smallest absolute Gasteiger partial charge is 0.410 e. The summed E-state index contributed by atoms with van der Waals surface area (Å²) in [5.41, 5.74) is 2.83. The van der Waals surface area contributed by atoms with E-state index in [-0.39, 0.29) is 41.7 Å². The van der Waals surface area contributed by atoms with E-state index in [1.165, 1.54) is 6.07 Å². The fourth-order valence-corrected chi connectivity index (χ4v) is 7.17. The van der Waals surface area contributed by atoms with Crippen molar-refractivity contribution in [2.45, 2.75) is 69.2 Å². The van der Waals surface area contributed by atoms with Crippen LogP contribution < -0.4 is 10.8 Å². The molecule has 6 rings (SSSR count). The third-order valence-electron chi connectivity index (χ3n) is 9.82. The zero-order valence-corrected chi connectivity index (χ0v) is 25.6. The van der Waals surface area contributed by atoms with Crippen molar-refractivity contribution in [1.29, 1.82) is 0 Å². The number of amides is 4. The summed E-state index contributed by atoms with van der Waals surface area (Å²) in [6.07, 6.45) is 2.64. The minimum atomic E-state index is -1.04. The predicted octanol–water partition coefficient (Wildman–Crippen LogP) is 1.85. The molecule has 11 nitrogen and oxygen atoms in total. The zero-order chi connectivity index (χ0) is 31.5. The monoisotopic (exact) mass is 615 g/mol. The van der Waals surface area contributed by atoms with Crippen LogP contribution in [0.2, 0.25) is 0 Å². The van der Waals surface area contributed by atoms with Crippen LogP contribution in [0.25, 0.3) is 0 Å². The second kappa shape index (κ2) is 13.7. The summed E-state index contributed by atoms with van der Waals surface area (Å²) in [5.74, 6) is -0.289. The first kappa shape index (κ1) is 31.2. The number of nitrogens with one attached hydrogen (secondary N) is 1. The van der Waals surface area contributed by atoms with Gasteiger partial charge in [0.15, 0.2) is 6.10 Å². The number of carbonyl (C=O) groups is 3. The molecule has 4 aliphatic rings. The number of aromatic hydroxyl groups is 1. The Morgan fingerprint density at radius 1 is 0.933 bits per heavy atom. The number of benzene rings is 2. The molecule has 0 spiro atoms. The summed E-state index contributed by atoms with van der Waals surface area (Å²) in [4.78, 5) is 47.9. The molecular weight excluding hydrogens is 573 g/mol. The van der Waals surface area contributed by atoms with E-state index in [1.807, 2.05) is 29.2 Å². The quantitative estimate of drug-likeness (QED) is 0.424. The molecule has 0 saturated carbocycles. The number of β-amino-alcohol motifs (C(OH)–C–C–N with tert-alkyl or cyclic N) is 1. The molecule has 0 aliphatic carbocycles. The van der Waals surface area contributed by atoms with Crippen LogP contribution in [-0.2, 0) is 22.4 Å². The number of aliphatic hydroxyl groups is 1. The van der Waals surface area contributed by atoms with Gasteiger partial charge in [0.25, 0.3) is 5.91 Å². The summed E-state index contributed by atoms with van der Waals surface area (Å²) in [6, 6.07) is 12.8.